The number of hydrogen-bond donors (Lipinski definition) is 1. The molecule has 1 spiro atoms. The zero-order chi connectivity index (χ0) is 13.6. The molecule has 1 atom stereocenters. The fourth-order valence-electron chi connectivity index (χ4n) is 3.21. The van der Waals surface area contributed by atoms with E-state index in [1.54, 1.807) is 0 Å². The lowest BCUT2D eigenvalue weighted by Gasteiger charge is -2.55. The summed E-state index contributed by atoms with van der Waals surface area (Å²) in [5.74, 6) is 0. The van der Waals surface area contributed by atoms with Gasteiger partial charge in [0.2, 0.25) is 0 Å². The van der Waals surface area contributed by atoms with E-state index >= 15 is 0 Å². The van der Waals surface area contributed by atoms with Crippen molar-refractivity contribution >= 4 is 0 Å². The normalized spacial score (nSPS) is 35.0. The molecule has 1 aliphatic carbocycles. The third kappa shape index (κ3) is 2.02. The number of ether oxygens (including phenoxy) is 2. The van der Waals surface area contributed by atoms with E-state index in [9.17, 15) is 5.11 Å². The Labute approximate surface area is 110 Å². The van der Waals surface area contributed by atoms with Crippen LogP contribution in [-0.4, -0.2) is 36.1 Å². The van der Waals surface area contributed by atoms with Gasteiger partial charge in [-0.2, -0.15) is 0 Å². The lowest BCUT2D eigenvalue weighted by Crippen LogP contribution is -2.60. The second kappa shape index (κ2) is 4.32. The standard InChI is InChI=1S/C15H26O3/c1-11-6-7-15(14(4,5)12(11)8-16)10-17-13(2,3)9-18-15/h16H,6-10H2,1-5H3. The molecule has 0 bridgehead atoms. The van der Waals surface area contributed by atoms with Crippen LogP contribution in [0.15, 0.2) is 11.1 Å². The van der Waals surface area contributed by atoms with Crippen molar-refractivity contribution in [1.29, 1.82) is 0 Å². The van der Waals surface area contributed by atoms with E-state index < -0.39 is 0 Å². The van der Waals surface area contributed by atoms with E-state index in [1.165, 1.54) is 5.57 Å². The number of hydrogen-bond acceptors (Lipinski definition) is 3. The largest absolute Gasteiger partial charge is 0.392 e. The molecule has 0 amide bonds. The average Bonchev–Trinajstić information content (AvgIpc) is 2.27. The first-order valence-electron chi connectivity index (χ1n) is 6.82. The highest BCUT2D eigenvalue weighted by Gasteiger charge is 2.54. The van der Waals surface area contributed by atoms with Crippen molar-refractivity contribution in [1.82, 2.24) is 0 Å². The Hall–Kier alpha value is -0.380. The van der Waals surface area contributed by atoms with Crippen molar-refractivity contribution in [3.8, 4) is 0 Å². The Bertz CT molecular complexity index is 356. The van der Waals surface area contributed by atoms with Gasteiger partial charge in [-0.15, -0.1) is 0 Å². The molecule has 104 valence electrons. The highest BCUT2D eigenvalue weighted by Crippen LogP contribution is 2.51. The Morgan fingerprint density at radius 3 is 2.28 bits per heavy atom. The van der Waals surface area contributed by atoms with Gasteiger partial charge in [0.15, 0.2) is 0 Å². The Kier molecular flexibility index (Phi) is 3.37. The fourth-order valence-corrected chi connectivity index (χ4v) is 3.21. The third-order valence-corrected chi connectivity index (χ3v) is 4.86. The van der Waals surface area contributed by atoms with Crippen LogP contribution in [0.25, 0.3) is 0 Å². The molecule has 1 saturated heterocycles. The number of allylic oxidation sites excluding steroid dienone is 1. The SMILES string of the molecule is CC1=C(CO)C(C)(C)C2(CC1)COC(C)(C)CO2. The van der Waals surface area contributed by atoms with Crippen LogP contribution in [0.5, 0.6) is 0 Å². The smallest absolute Gasteiger partial charge is 0.101 e. The average molecular weight is 254 g/mol. The van der Waals surface area contributed by atoms with Gasteiger partial charge in [0.25, 0.3) is 0 Å². The number of aliphatic hydroxyl groups excluding tert-OH is 1. The van der Waals surface area contributed by atoms with E-state index in [2.05, 4.69) is 34.6 Å². The molecule has 0 aromatic rings. The molecule has 2 aliphatic rings. The van der Waals surface area contributed by atoms with Gasteiger partial charge >= 0.3 is 0 Å². The summed E-state index contributed by atoms with van der Waals surface area (Å²) in [6, 6.07) is 0. The molecule has 0 aromatic heterocycles. The Balaban J connectivity index is 2.31. The first kappa shape index (κ1) is 14.0. The van der Waals surface area contributed by atoms with Crippen molar-refractivity contribution in [2.45, 2.75) is 58.7 Å². The molecule has 0 saturated carbocycles. The monoisotopic (exact) mass is 254 g/mol. The van der Waals surface area contributed by atoms with E-state index in [1.807, 2.05) is 0 Å². The summed E-state index contributed by atoms with van der Waals surface area (Å²) in [5, 5.41) is 9.66. The molecule has 1 aliphatic heterocycles. The summed E-state index contributed by atoms with van der Waals surface area (Å²) in [7, 11) is 0. The van der Waals surface area contributed by atoms with Gasteiger partial charge in [0, 0.05) is 5.41 Å². The van der Waals surface area contributed by atoms with Crippen LogP contribution in [0.1, 0.15) is 47.5 Å². The molecule has 1 unspecified atom stereocenters. The molecule has 18 heavy (non-hydrogen) atoms. The van der Waals surface area contributed by atoms with E-state index in [-0.39, 0.29) is 23.2 Å². The molecular formula is C15H26O3. The molecule has 0 radical (unpaired) electrons. The molecule has 1 heterocycles. The Morgan fingerprint density at radius 1 is 1.11 bits per heavy atom. The summed E-state index contributed by atoms with van der Waals surface area (Å²) < 4.78 is 12.2. The lowest BCUT2D eigenvalue weighted by molar-refractivity contribution is -0.258. The molecule has 2 rings (SSSR count). The zero-order valence-electron chi connectivity index (χ0n) is 12.3. The third-order valence-electron chi connectivity index (χ3n) is 4.86. The van der Waals surface area contributed by atoms with E-state index in [0.29, 0.717) is 13.2 Å². The molecule has 1 fully saturated rings. The number of aliphatic hydroxyl groups is 1. The van der Waals surface area contributed by atoms with Crippen molar-refractivity contribution in [3.63, 3.8) is 0 Å². The van der Waals surface area contributed by atoms with Crippen LogP contribution in [0.3, 0.4) is 0 Å². The van der Waals surface area contributed by atoms with Crippen LogP contribution in [0, 0.1) is 5.41 Å². The van der Waals surface area contributed by atoms with Crippen molar-refractivity contribution < 1.29 is 14.6 Å². The highest BCUT2D eigenvalue weighted by atomic mass is 16.6. The van der Waals surface area contributed by atoms with Gasteiger partial charge in [-0.05, 0) is 39.2 Å². The Morgan fingerprint density at radius 2 is 1.78 bits per heavy atom. The maximum absolute atomic E-state index is 9.66. The molecular weight excluding hydrogens is 228 g/mol. The van der Waals surface area contributed by atoms with Crippen molar-refractivity contribution in [2.75, 3.05) is 19.8 Å². The second-order valence-corrected chi connectivity index (χ2v) is 6.87. The minimum Gasteiger partial charge on any atom is -0.392 e. The molecule has 1 N–H and O–H groups in total. The van der Waals surface area contributed by atoms with Gasteiger partial charge in [0.05, 0.1) is 25.4 Å². The quantitative estimate of drug-likeness (QED) is 0.731. The highest BCUT2D eigenvalue weighted by molar-refractivity contribution is 5.29. The predicted octanol–water partition coefficient (Wildman–Crippen LogP) is 2.68. The summed E-state index contributed by atoms with van der Waals surface area (Å²) in [6.07, 6.45) is 1.97. The summed E-state index contributed by atoms with van der Waals surface area (Å²) >= 11 is 0. The van der Waals surface area contributed by atoms with Gasteiger partial charge in [0.1, 0.15) is 5.60 Å². The van der Waals surface area contributed by atoms with Crippen LogP contribution in [-0.2, 0) is 9.47 Å². The van der Waals surface area contributed by atoms with Gasteiger partial charge in [-0.3, -0.25) is 0 Å². The second-order valence-electron chi connectivity index (χ2n) is 6.87. The predicted molar refractivity (Wildman–Crippen MR) is 71.5 cm³/mol. The molecule has 0 aromatic carbocycles. The van der Waals surface area contributed by atoms with Crippen LogP contribution in [0.4, 0.5) is 0 Å². The van der Waals surface area contributed by atoms with Crippen molar-refractivity contribution in [2.24, 2.45) is 5.41 Å². The van der Waals surface area contributed by atoms with Gasteiger partial charge < -0.3 is 14.6 Å². The van der Waals surface area contributed by atoms with Crippen LogP contribution in [0.2, 0.25) is 0 Å². The first-order valence-corrected chi connectivity index (χ1v) is 6.82. The maximum Gasteiger partial charge on any atom is 0.101 e. The number of rotatable bonds is 1. The van der Waals surface area contributed by atoms with Crippen molar-refractivity contribution in [3.05, 3.63) is 11.1 Å². The first-order chi connectivity index (χ1) is 8.24. The molecule has 3 heteroatoms. The van der Waals surface area contributed by atoms with Gasteiger partial charge in [-0.25, -0.2) is 0 Å². The lowest BCUT2D eigenvalue weighted by atomic mass is 9.62. The van der Waals surface area contributed by atoms with E-state index in [4.69, 9.17) is 9.47 Å². The van der Waals surface area contributed by atoms with Crippen LogP contribution >= 0.6 is 0 Å². The van der Waals surface area contributed by atoms with Gasteiger partial charge in [-0.1, -0.05) is 19.4 Å². The maximum atomic E-state index is 9.66. The summed E-state index contributed by atoms with van der Waals surface area (Å²) in [6.45, 7) is 11.9. The summed E-state index contributed by atoms with van der Waals surface area (Å²) in [4.78, 5) is 0. The van der Waals surface area contributed by atoms with Crippen LogP contribution < -0.4 is 0 Å². The molecule has 3 nitrogen and oxygen atoms in total. The van der Waals surface area contributed by atoms with E-state index in [0.717, 1.165) is 18.4 Å². The minimum absolute atomic E-state index is 0.118. The topological polar surface area (TPSA) is 38.7 Å². The minimum atomic E-state index is -0.278. The zero-order valence-corrected chi connectivity index (χ0v) is 12.3. The fraction of sp³-hybridized carbons (Fsp3) is 0.867. The summed E-state index contributed by atoms with van der Waals surface area (Å²) in [5.41, 5.74) is 1.79.